The van der Waals surface area contributed by atoms with E-state index in [1.807, 2.05) is 5.32 Å². The van der Waals surface area contributed by atoms with Gasteiger partial charge >= 0.3 is 17.9 Å². The second-order valence-corrected chi connectivity index (χ2v) is 7.18. The topological polar surface area (TPSA) is 289 Å². The van der Waals surface area contributed by atoms with E-state index >= 15 is 0 Å². The van der Waals surface area contributed by atoms with Crippen molar-refractivity contribution in [3.63, 3.8) is 0 Å². The number of rotatable bonds is 17. The van der Waals surface area contributed by atoms with E-state index in [9.17, 15) is 33.6 Å². The summed E-state index contributed by atoms with van der Waals surface area (Å²) in [5.41, 5.74) is 10.6. The first-order valence-electron chi connectivity index (χ1n) is 10.0. The summed E-state index contributed by atoms with van der Waals surface area (Å²) in [5.74, 6) is -8.06. The van der Waals surface area contributed by atoms with Crippen molar-refractivity contribution < 1.29 is 54.0 Å². The molecule has 0 bridgehead atoms. The van der Waals surface area contributed by atoms with Crippen LogP contribution in [0.25, 0.3) is 0 Å². The maximum atomic E-state index is 12.7. The van der Waals surface area contributed by atoms with E-state index in [2.05, 4.69) is 10.6 Å². The van der Waals surface area contributed by atoms with Gasteiger partial charge in [0.05, 0.1) is 12.6 Å². The molecule has 0 saturated heterocycles. The summed E-state index contributed by atoms with van der Waals surface area (Å²) in [7, 11) is 0. The Bertz CT molecular complexity index is 788. The summed E-state index contributed by atoms with van der Waals surface area (Å²) in [6.07, 6.45) is -2.49. The first-order chi connectivity index (χ1) is 15.8. The summed E-state index contributed by atoms with van der Waals surface area (Å²) in [4.78, 5) is 81.0. The van der Waals surface area contributed by atoms with Crippen LogP contribution in [-0.4, -0.2) is 92.7 Å². The number of amides is 4. The predicted molar refractivity (Wildman–Crippen MR) is 111 cm³/mol. The highest BCUT2D eigenvalue weighted by atomic mass is 16.4. The summed E-state index contributed by atoms with van der Waals surface area (Å²) >= 11 is 0. The maximum absolute atomic E-state index is 12.7. The Morgan fingerprint density at radius 1 is 0.647 bits per heavy atom. The smallest absolute Gasteiger partial charge is 0.328 e. The molecule has 0 aromatic carbocycles. The standard InChI is InChI=1S/C18H29N5O11/c19-8(1-4-12(20)25)15(30)21-9(2-5-13(26)27)16(31)22-10(3-6-14(28)29)17(32)23-11(7-24)18(33)34/h8-11,24H,1-7,19H2,(H2,20,25)(H,21,30)(H,22,31)(H,23,32)(H,26,27)(H,28,29)(H,33,34). The number of aliphatic carboxylic acids is 3. The fourth-order valence-electron chi connectivity index (χ4n) is 2.51. The van der Waals surface area contributed by atoms with E-state index in [1.165, 1.54) is 0 Å². The molecular formula is C18H29N5O11. The third kappa shape index (κ3) is 12.3. The monoisotopic (exact) mass is 491 g/mol. The summed E-state index contributed by atoms with van der Waals surface area (Å²) in [5, 5.41) is 42.0. The molecule has 4 atom stereocenters. The lowest BCUT2D eigenvalue weighted by Crippen LogP contribution is -2.57. The number of primary amides is 1. The normalized spacial score (nSPS) is 14.1. The lowest BCUT2D eigenvalue weighted by Gasteiger charge is -2.24. The molecule has 0 spiro atoms. The van der Waals surface area contributed by atoms with Crippen molar-refractivity contribution in [3.8, 4) is 0 Å². The van der Waals surface area contributed by atoms with Crippen LogP contribution in [0.5, 0.6) is 0 Å². The average molecular weight is 491 g/mol. The number of nitrogens with one attached hydrogen (secondary N) is 3. The van der Waals surface area contributed by atoms with Crippen LogP contribution in [0.2, 0.25) is 0 Å². The molecule has 11 N–H and O–H groups in total. The molecule has 4 amide bonds. The number of hydrogen-bond acceptors (Lipinski definition) is 9. The molecule has 0 aliphatic heterocycles. The minimum atomic E-state index is -1.73. The minimum Gasteiger partial charge on any atom is -0.481 e. The van der Waals surface area contributed by atoms with Crippen LogP contribution in [0.3, 0.4) is 0 Å². The van der Waals surface area contributed by atoms with Crippen molar-refractivity contribution in [2.75, 3.05) is 6.61 Å². The van der Waals surface area contributed by atoms with Crippen LogP contribution in [-0.2, 0) is 33.6 Å². The number of hydrogen-bond donors (Lipinski definition) is 9. The van der Waals surface area contributed by atoms with Gasteiger partial charge < -0.3 is 47.8 Å². The number of carboxylic acids is 3. The molecule has 0 rings (SSSR count). The predicted octanol–water partition coefficient (Wildman–Crippen LogP) is -4.16. The maximum Gasteiger partial charge on any atom is 0.328 e. The van der Waals surface area contributed by atoms with Gasteiger partial charge in [0, 0.05) is 19.3 Å². The molecule has 0 heterocycles. The zero-order chi connectivity index (χ0) is 26.4. The molecule has 0 aliphatic rings. The van der Waals surface area contributed by atoms with Gasteiger partial charge in [0.15, 0.2) is 0 Å². The minimum absolute atomic E-state index is 0.157. The van der Waals surface area contributed by atoms with Crippen LogP contribution in [0, 0.1) is 0 Å². The molecule has 16 heteroatoms. The first-order valence-corrected chi connectivity index (χ1v) is 10.0. The van der Waals surface area contributed by atoms with Gasteiger partial charge in [-0.25, -0.2) is 4.79 Å². The highest BCUT2D eigenvalue weighted by Crippen LogP contribution is 2.05. The van der Waals surface area contributed by atoms with Gasteiger partial charge in [0.1, 0.15) is 18.1 Å². The number of aliphatic hydroxyl groups is 1. The Labute approximate surface area is 193 Å². The summed E-state index contributed by atoms with van der Waals surface area (Å²) < 4.78 is 0. The van der Waals surface area contributed by atoms with E-state index in [-0.39, 0.29) is 12.8 Å². The third-order valence-electron chi connectivity index (χ3n) is 4.40. The molecule has 34 heavy (non-hydrogen) atoms. The Morgan fingerprint density at radius 2 is 1.06 bits per heavy atom. The van der Waals surface area contributed by atoms with Crippen LogP contribution in [0.1, 0.15) is 38.5 Å². The Balaban J connectivity index is 5.52. The van der Waals surface area contributed by atoms with Crippen molar-refractivity contribution >= 4 is 41.5 Å². The molecular weight excluding hydrogens is 462 g/mol. The fraction of sp³-hybridized carbons (Fsp3) is 0.611. The molecule has 0 aliphatic carbocycles. The molecule has 0 aromatic rings. The lowest BCUT2D eigenvalue weighted by atomic mass is 10.1. The largest absolute Gasteiger partial charge is 0.481 e. The van der Waals surface area contributed by atoms with Crippen LogP contribution in [0.4, 0.5) is 0 Å². The third-order valence-corrected chi connectivity index (χ3v) is 4.40. The Hall–Kier alpha value is -3.79. The second-order valence-electron chi connectivity index (χ2n) is 7.18. The van der Waals surface area contributed by atoms with E-state index in [1.54, 1.807) is 0 Å². The van der Waals surface area contributed by atoms with Crippen LogP contribution < -0.4 is 27.4 Å². The molecule has 0 saturated carbocycles. The molecule has 0 radical (unpaired) electrons. The zero-order valence-corrected chi connectivity index (χ0v) is 18.1. The van der Waals surface area contributed by atoms with Crippen molar-refractivity contribution in [3.05, 3.63) is 0 Å². The molecule has 4 unspecified atom stereocenters. The highest BCUT2D eigenvalue weighted by Gasteiger charge is 2.30. The molecule has 192 valence electrons. The van der Waals surface area contributed by atoms with Gasteiger partial charge in [-0.2, -0.15) is 0 Å². The van der Waals surface area contributed by atoms with E-state index in [0.29, 0.717) is 0 Å². The first kappa shape index (κ1) is 30.2. The van der Waals surface area contributed by atoms with Gasteiger partial charge in [0.2, 0.25) is 23.6 Å². The van der Waals surface area contributed by atoms with Crippen molar-refractivity contribution in [2.45, 2.75) is 62.7 Å². The number of aliphatic hydroxyl groups excluding tert-OH is 1. The quantitative estimate of drug-likeness (QED) is 0.0936. The van der Waals surface area contributed by atoms with Crippen molar-refractivity contribution in [2.24, 2.45) is 11.5 Å². The van der Waals surface area contributed by atoms with Gasteiger partial charge in [0.25, 0.3) is 0 Å². The summed E-state index contributed by atoms with van der Waals surface area (Å²) in [6.45, 7) is -0.985. The van der Waals surface area contributed by atoms with Crippen LogP contribution in [0.15, 0.2) is 0 Å². The highest BCUT2D eigenvalue weighted by molar-refractivity contribution is 5.94. The zero-order valence-electron chi connectivity index (χ0n) is 18.1. The number of nitrogens with two attached hydrogens (primary N) is 2. The van der Waals surface area contributed by atoms with E-state index < -0.39 is 98.0 Å². The van der Waals surface area contributed by atoms with E-state index in [4.69, 9.17) is 31.9 Å². The second kappa shape index (κ2) is 15.1. The fourth-order valence-corrected chi connectivity index (χ4v) is 2.51. The molecule has 0 aromatic heterocycles. The average Bonchev–Trinajstić information content (AvgIpc) is 2.74. The van der Waals surface area contributed by atoms with Gasteiger partial charge in [-0.3, -0.25) is 28.8 Å². The van der Waals surface area contributed by atoms with Gasteiger partial charge in [-0.15, -0.1) is 0 Å². The molecule has 0 fully saturated rings. The van der Waals surface area contributed by atoms with Crippen LogP contribution >= 0.6 is 0 Å². The SMILES string of the molecule is NC(=O)CCC(N)C(=O)NC(CCC(=O)O)C(=O)NC(CCC(=O)O)C(=O)NC(CO)C(=O)O. The van der Waals surface area contributed by atoms with Crippen molar-refractivity contribution in [1.29, 1.82) is 0 Å². The summed E-state index contributed by atoms with van der Waals surface area (Å²) in [6, 6.07) is -6.11. The van der Waals surface area contributed by atoms with Gasteiger partial charge in [-0.05, 0) is 19.3 Å². The lowest BCUT2D eigenvalue weighted by molar-refractivity contribution is -0.144. The van der Waals surface area contributed by atoms with E-state index in [0.717, 1.165) is 0 Å². The molecule has 16 nitrogen and oxygen atoms in total. The Kier molecular flexibility index (Phi) is 13.4. The number of carbonyl (C=O) groups is 7. The number of carbonyl (C=O) groups excluding carboxylic acids is 4. The number of carboxylic acid groups (broad SMARTS) is 3. The van der Waals surface area contributed by atoms with Crippen molar-refractivity contribution in [1.82, 2.24) is 16.0 Å². The Morgan fingerprint density at radius 3 is 1.41 bits per heavy atom. The van der Waals surface area contributed by atoms with Gasteiger partial charge in [-0.1, -0.05) is 0 Å².